The highest BCUT2D eigenvalue weighted by Crippen LogP contribution is 2.25. The van der Waals surface area contributed by atoms with Crippen LogP contribution in [0.25, 0.3) is 0 Å². The first-order valence-electron chi connectivity index (χ1n) is 7.23. The maximum absolute atomic E-state index is 12.4. The lowest BCUT2D eigenvalue weighted by molar-refractivity contribution is 0.0929. The van der Waals surface area contributed by atoms with Crippen LogP contribution in [0.2, 0.25) is 0 Å². The summed E-state index contributed by atoms with van der Waals surface area (Å²) in [6.45, 7) is 4.47. The standard InChI is InChI=1S/C17H22N2O/c1-12-6-3-10-16(12)19-17(20)15-9-4-7-14(13(15)2)8-5-11-18/h4,7,9,12,16H,3,6,10-11,18H2,1-2H3,(H,19,20). The predicted octanol–water partition coefficient (Wildman–Crippen LogP) is 2.22. The molecule has 1 aromatic carbocycles. The lowest BCUT2D eigenvalue weighted by Gasteiger charge is -2.18. The number of hydrogen-bond donors (Lipinski definition) is 2. The van der Waals surface area contributed by atoms with Gasteiger partial charge in [0.25, 0.3) is 5.91 Å². The van der Waals surface area contributed by atoms with Gasteiger partial charge in [0.1, 0.15) is 0 Å². The Kier molecular flexibility index (Phi) is 4.81. The van der Waals surface area contributed by atoms with E-state index in [1.54, 1.807) is 0 Å². The second kappa shape index (κ2) is 6.58. The highest BCUT2D eigenvalue weighted by Gasteiger charge is 2.25. The third-order valence-corrected chi connectivity index (χ3v) is 4.08. The smallest absolute Gasteiger partial charge is 0.251 e. The molecule has 3 N–H and O–H groups in total. The maximum Gasteiger partial charge on any atom is 0.251 e. The van der Waals surface area contributed by atoms with Gasteiger partial charge in [-0.2, -0.15) is 0 Å². The van der Waals surface area contributed by atoms with Gasteiger partial charge in [-0.3, -0.25) is 4.79 Å². The van der Waals surface area contributed by atoms with Crippen molar-refractivity contribution in [1.82, 2.24) is 5.32 Å². The highest BCUT2D eigenvalue weighted by molar-refractivity contribution is 5.96. The summed E-state index contributed by atoms with van der Waals surface area (Å²) in [6.07, 6.45) is 3.48. The first-order valence-corrected chi connectivity index (χ1v) is 7.23. The van der Waals surface area contributed by atoms with Crippen LogP contribution in [-0.2, 0) is 0 Å². The van der Waals surface area contributed by atoms with Crippen LogP contribution in [0.3, 0.4) is 0 Å². The fourth-order valence-corrected chi connectivity index (χ4v) is 2.77. The molecule has 20 heavy (non-hydrogen) atoms. The van der Waals surface area contributed by atoms with Crippen molar-refractivity contribution < 1.29 is 4.79 Å². The molecule has 1 aromatic rings. The van der Waals surface area contributed by atoms with Gasteiger partial charge in [-0.05, 0) is 43.4 Å². The van der Waals surface area contributed by atoms with Gasteiger partial charge in [-0.25, -0.2) is 0 Å². The Morgan fingerprint density at radius 3 is 2.90 bits per heavy atom. The molecule has 0 radical (unpaired) electrons. The van der Waals surface area contributed by atoms with E-state index in [4.69, 9.17) is 5.73 Å². The zero-order valence-corrected chi connectivity index (χ0v) is 12.2. The summed E-state index contributed by atoms with van der Waals surface area (Å²) in [7, 11) is 0. The molecule has 1 fully saturated rings. The Balaban J connectivity index is 2.17. The number of nitrogens with one attached hydrogen (secondary N) is 1. The molecular formula is C17H22N2O. The van der Waals surface area contributed by atoms with Crippen molar-refractivity contribution in [2.75, 3.05) is 6.54 Å². The summed E-state index contributed by atoms with van der Waals surface area (Å²) in [6, 6.07) is 5.96. The molecule has 1 saturated carbocycles. The van der Waals surface area contributed by atoms with Gasteiger partial charge < -0.3 is 11.1 Å². The number of rotatable bonds is 2. The van der Waals surface area contributed by atoms with Crippen LogP contribution in [-0.4, -0.2) is 18.5 Å². The Bertz CT molecular complexity index is 554. The second-order valence-electron chi connectivity index (χ2n) is 5.47. The number of carbonyl (C=O) groups is 1. The molecule has 3 nitrogen and oxygen atoms in total. The van der Waals surface area contributed by atoms with Gasteiger partial charge in [0, 0.05) is 17.2 Å². The van der Waals surface area contributed by atoms with Crippen molar-refractivity contribution in [1.29, 1.82) is 0 Å². The monoisotopic (exact) mass is 270 g/mol. The van der Waals surface area contributed by atoms with Crippen molar-refractivity contribution in [3.05, 3.63) is 34.9 Å². The number of hydrogen-bond acceptors (Lipinski definition) is 2. The molecule has 0 saturated heterocycles. The molecule has 2 rings (SSSR count). The number of benzene rings is 1. The topological polar surface area (TPSA) is 55.1 Å². The van der Waals surface area contributed by atoms with Crippen LogP contribution in [0, 0.1) is 24.7 Å². The van der Waals surface area contributed by atoms with E-state index in [9.17, 15) is 4.79 Å². The maximum atomic E-state index is 12.4. The first kappa shape index (κ1) is 14.6. The van der Waals surface area contributed by atoms with E-state index >= 15 is 0 Å². The molecule has 0 bridgehead atoms. The van der Waals surface area contributed by atoms with Gasteiger partial charge in [0.2, 0.25) is 0 Å². The molecule has 106 valence electrons. The van der Waals surface area contributed by atoms with E-state index in [0.717, 1.165) is 17.5 Å². The Labute approximate surface area is 120 Å². The first-order chi connectivity index (χ1) is 9.63. The molecule has 0 spiro atoms. The second-order valence-corrected chi connectivity index (χ2v) is 5.47. The summed E-state index contributed by atoms with van der Waals surface area (Å²) in [5.74, 6) is 6.43. The molecule has 1 amide bonds. The summed E-state index contributed by atoms with van der Waals surface area (Å²) in [5.41, 5.74) is 7.92. The van der Waals surface area contributed by atoms with Crippen LogP contribution >= 0.6 is 0 Å². The summed E-state index contributed by atoms with van der Waals surface area (Å²) in [5, 5.41) is 3.16. The normalized spacial score (nSPS) is 21.1. The zero-order valence-electron chi connectivity index (χ0n) is 12.2. The lowest BCUT2D eigenvalue weighted by Crippen LogP contribution is -2.36. The fourth-order valence-electron chi connectivity index (χ4n) is 2.77. The van der Waals surface area contributed by atoms with Crippen molar-refractivity contribution in [3.63, 3.8) is 0 Å². The molecule has 3 heteroatoms. The number of carbonyl (C=O) groups excluding carboxylic acids is 1. The van der Waals surface area contributed by atoms with E-state index in [0.29, 0.717) is 24.1 Å². The van der Waals surface area contributed by atoms with E-state index in [1.807, 2.05) is 25.1 Å². The minimum Gasteiger partial charge on any atom is -0.349 e. The SMILES string of the molecule is Cc1c(C#CCN)cccc1C(=O)NC1CCCC1C. The van der Waals surface area contributed by atoms with Crippen molar-refractivity contribution >= 4 is 5.91 Å². The van der Waals surface area contributed by atoms with Gasteiger partial charge in [-0.15, -0.1) is 0 Å². The Hall–Kier alpha value is -1.79. The molecule has 0 aromatic heterocycles. The fraction of sp³-hybridized carbons (Fsp3) is 0.471. The molecular weight excluding hydrogens is 248 g/mol. The van der Waals surface area contributed by atoms with E-state index in [2.05, 4.69) is 24.1 Å². The van der Waals surface area contributed by atoms with Crippen LogP contribution < -0.4 is 11.1 Å². The Morgan fingerprint density at radius 2 is 2.25 bits per heavy atom. The third kappa shape index (κ3) is 3.20. The minimum absolute atomic E-state index is 0.0117. The summed E-state index contributed by atoms with van der Waals surface area (Å²) in [4.78, 5) is 12.4. The van der Waals surface area contributed by atoms with Gasteiger partial charge in [0.05, 0.1) is 6.54 Å². The average Bonchev–Trinajstić information content (AvgIpc) is 2.83. The third-order valence-electron chi connectivity index (χ3n) is 4.08. The van der Waals surface area contributed by atoms with Crippen LogP contribution in [0.4, 0.5) is 0 Å². The van der Waals surface area contributed by atoms with Crippen molar-refractivity contribution in [2.45, 2.75) is 39.2 Å². The van der Waals surface area contributed by atoms with Gasteiger partial charge in [-0.1, -0.05) is 31.3 Å². The van der Waals surface area contributed by atoms with Crippen LogP contribution in [0.1, 0.15) is 47.7 Å². The van der Waals surface area contributed by atoms with E-state index in [-0.39, 0.29) is 5.91 Å². The van der Waals surface area contributed by atoms with Crippen LogP contribution in [0.5, 0.6) is 0 Å². The molecule has 0 aliphatic heterocycles. The highest BCUT2D eigenvalue weighted by atomic mass is 16.1. The molecule has 2 unspecified atom stereocenters. The molecule has 1 aliphatic carbocycles. The zero-order chi connectivity index (χ0) is 14.5. The molecule has 2 atom stereocenters. The van der Waals surface area contributed by atoms with Crippen molar-refractivity contribution in [2.24, 2.45) is 11.7 Å². The summed E-state index contributed by atoms with van der Waals surface area (Å²) < 4.78 is 0. The predicted molar refractivity (Wildman–Crippen MR) is 81.4 cm³/mol. The summed E-state index contributed by atoms with van der Waals surface area (Å²) >= 11 is 0. The number of nitrogens with two attached hydrogens (primary N) is 1. The number of amides is 1. The molecule has 1 aliphatic rings. The van der Waals surface area contributed by atoms with Gasteiger partial charge in [0.15, 0.2) is 0 Å². The van der Waals surface area contributed by atoms with Crippen LogP contribution in [0.15, 0.2) is 18.2 Å². The lowest BCUT2D eigenvalue weighted by atomic mass is 10.0. The molecule has 0 heterocycles. The van der Waals surface area contributed by atoms with E-state index < -0.39 is 0 Å². The quantitative estimate of drug-likeness (QED) is 0.810. The average molecular weight is 270 g/mol. The minimum atomic E-state index is 0.0117. The van der Waals surface area contributed by atoms with E-state index in [1.165, 1.54) is 12.8 Å². The largest absolute Gasteiger partial charge is 0.349 e. The van der Waals surface area contributed by atoms with Gasteiger partial charge >= 0.3 is 0 Å². The van der Waals surface area contributed by atoms with Crippen molar-refractivity contribution in [3.8, 4) is 11.8 Å². The Morgan fingerprint density at radius 1 is 1.45 bits per heavy atom.